The van der Waals surface area contributed by atoms with Crippen LogP contribution in [0.1, 0.15) is 0 Å². The number of para-hydroxylation sites is 1. The average molecular weight is 213 g/mol. The van der Waals surface area contributed by atoms with E-state index in [1.165, 1.54) is 0 Å². The van der Waals surface area contributed by atoms with Crippen LogP contribution in [0.2, 0.25) is 0 Å². The van der Waals surface area contributed by atoms with Crippen molar-refractivity contribution in [3.8, 4) is 0 Å². The molecule has 1 rings (SSSR count). The number of hydrogen-bond acceptors (Lipinski definition) is 3. The maximum absolute atomic E-state index is 10.3. The maximum Gasteiger partial charge on any atom is 0.322 e. The molecule has 1 aromatic carbocycles. The Morgan fingerprint density at radius 1 is 1.54 bits per heavy atom. The highest BCUT2D eigenvalue weighted by Gasteiger charge is 2.00. The third-order valence-corrected chi connectivity index (χ3v) is 2.61. The largest absolute Gasteiger partial charge is 0.480 e. The predicted molar refractivity (Wildman–Crippen MR) is 56.5 cm³/mol. The second kappa shape index (κ2) is 4.90. The Balaban J connectivity index is 2.75. The molecule has 0 aliphatic rings. The van der Waals surface area contributed by atoms with Crippen molar-refractivity contribution >= 4 is 36.1 Å². The third-order valence-electron chi connectivity index (χ3n) is 1.43. The Bertz CT molecular complexity index is 330. The van der Waals surface area contributed by atoms with Gasteiger partial charge in [-0.2, -0.15) is 0 Å². The van der Waals surface area contributed by atoms with Crippen LogP contribution < -0.4 is 10.6 Å². The number of anilines is 1. The van der Waals surface area contributed by atoms with Crippen LogP contribution in [0.5, 0.6) is 0 Å². The highest BCUT2D eigenvalue weighted by Crippen LogP contribution is 2.08. The summed E-state index contributed by atoms with van der Waals surface area (Å²) < 4.78 is 0. The van der Waals surface area contributed by atoms with E-state index in [4.69, 9.17) is 16.9 Å². The minimum atomic E-state index is -0.879. The van der Waals surface area contributed by atoms with Crippen LogP contribution in [-0.4, -0.2) is 17.6 Å². The topological polar surface area (TPSA) is 49.3 Å². The number of carbonyl (C=O) groups is 1. The van der Waals surface area contributed by atoms with Crippen molar-refractivity contribution in [3.05, 3.63) is 24.3 Å². The summed E-state index contributed by atoms with van der Waals surface area (Å²) in [5.41, 5.74) is 0.793. The molecule has 0 fully saturated rings. The Labute approximate surface area is 82.6 Å². The number of carboxylic acids is 1. The Morgan fingerprint density at radius 3 is 2.85 bits per heavy atom. The van der Waals surface area contributed by atoms with E-state index in [2.05, 4.69) is 5.32 Å². The van der Waals surface area contributed by atoms with E-state index in [0.29, 0.717) is 0 Å². The lowest BCUT2D eigenvalue weighted by atomic mass is 10.3. The summed E-state index contributed by atoms with van der Waals surface area (Å²) in [5.74, 6) is -0.879. The van der Waals surface area contributed by atoms with Crippen molar-refractivity contribution in [2.24, 2.45) is 0 Å². The summed E-state index contributed by atoms with van der Waals surface area (Å²) in [6, 6.07) is 7.41. The van der Waals surface area contributed by atoms with Gasteiger partial charge in [0, 0.05) is 18.3 Å². The van der Waals surface area contributed by atoms with Crippen LogP contribution in [0, 0.1) is 0 Å². The Kier molecular flexibility index (Phi) is 3.80. The second-order valence-electron chi connectivity index (χ2n) is 2.36. The van der Waals surface area contributed by atoms with E-state index in [-0.39, 0.29) is 6.54 Å². The second-order valence-corrected chi connectivity index (χ2v) is 3.57. The van der Waals surface area contributed by atoms with Gasteiger partial charge in [0.2, 0.25) is 0 Å². The highest BCUT2D eigenvalue weighted by molar-refractivity contribution is 7.99. The molecule has 0 amide bonds. The Hall–Kier alpha value is -0.990. The first kappa shape index (κ1) is 10.1. The maximum atomic E-state index is 10.3. The van der Waals surface area contributed by atoms with Gasteiger partial charge >= 0.3 is 5.97 Å². The van der Waals surface area contributed by atoms with Gasteiger partial charge in [0.25, 0.3) is 0 Å². The van der Waals surface area contributed by atoms with Crippen molar-refractivity contribution < 1.29 is 9.90 Å². The molecule has 0 saturated carbocycles. The van der Waals surface area contributed by atoms with Gasteiger partial charge < -0.3 is 10.4 Å². The molecule has 0 aliphatic carbocycles. The zero-order valence-corrected chi connectivity index (χ0v) is 8.44. The predicted octanol–water partition coefficient (Wildman–Crippen LogP) is 1.22. The number of rotatable bonds is 4. The number of carboxylic acid groups (broad SMARTS) is 1. The summed E-state index contributed by atoms with van der Waals surface area (Å²) >= 11 is 4.87. The standard InChI is InChI=1S/C8H8NO2PS/c10-8(11)5-9-6-3-1-2-4-7(6)12-13/h1-4,9H,5H2,(H,10,11). The van der Waals surface area contributed by atoms with E-state index in [9.17, 15) is 4.79 Å². The first-order valence-electron chi connectivity index (χ1n) is 3.62. The van der Waals surface area contributed by atoms with Crippen molar-refractivity contribution in [3.63, 3.8) is 0 Å². The lowest BCUT2D eigenvalue weighted by Gasteiger charge is -2.05. The first-order chi connectivity index (χ1) is 6.24. The molecule has 0 unspecified atom stereocenters. The molecule has 13 heavy (non-hydrogen) atoms. The smallest absolute Gasteiger partial charge is 0.322 e. The number of aliphatic carboxylic acids is 1. The lowest BCUT2D eigenvalue weighted by molar-refractivity contribution is -0.134. The minimum Gasteiger partial charge on any atom is -0.480 e. The zero-order chi connectivity index (χ0) is 9.68. The van der Waals surface area contributed by atoms with Crippen LogP contribution in [-0.2, 0) is 16.6 Å². The number of benzene rings is 1. The molecule has 0 aromatic heterocycles. The van der Waals surface area contributed by atoms with Gasteiger partial charge in [-0.15, -0.1) is 0 Å². The molecule has 0 bridgehead atoms. The van der Waals surface area contributed by atoms with Crippen LogP contribution in [0.4, 0.5) is 5.69 Å². The van der Waals surface area contributed by atoms with Crippen LogP contribution >= 0.6 is 7.36 Å². The van der Waals surface area contributed by atoms with Crippen LogP contribution in [0.15, 0.2) is 24.3 Å². The summed E-state index contributed by atoms with van der Waals surface area (Å²) in [5, 5.41) is 12.2. The summed E-state index contributed by atoms with van der Waals surface area (Å²) in [7, 11) is 0.718. The van der Waals surface area contributed by atoms with Crippen LogP contribution in [0.3, 0.4) is 0 Å². The lowest BCUT2D eigenvalue weighted by Crippen LogP contribution is -2.15. The molecule has 0 heterocycles. The fourth-order valence-electron chi connectivity index (χ4n) is 0.874. The van der Waals surface area contributed by atoms with Gasteiger partial charge in [-0.3, -0.25) is 4.79 Å². The van der Waals surface area contributed by atoms with Crippen molar-refractivity contribution in [1.29, 1.82) is 0 Å². The number of hydrogen-bond donors (Lipinski definition) is 2. The van der Waals surface area contributed by atoms with E-state index in [0.717, 1.165) is 18.3 Å². The van der Waals surface area contributed by atoms with E-state index in [1.807, 2.05) is 24.3 Å². The van der Waals surface area contributed by atoms with Gasteiger partial charge in [-0.1, -0.05) is 23.9 Å². The molecule has 0 spiro atoms. The van der Waals surface area contributed by atoms with E-state index >= 15 is 0 Å². The fraction of sp³-hybridized carbons (Fsp3) is 0.125. The minimum absolute atomic E-state index is 0.0815. The number of nitrogens with one attached hydrogen (secondary N) is 1. The van der Waals surface area contributed by atoms with Crippen LogP contribution in [0.25, 0.3) is 0 Å². The zero-order valence-electron chi connectivity index (χ0n) is 6.73. The molecule has 68 valence electrons. The van der Waals surface area contributed by atoms with E-state index < -0.39 is 5.97 Å². The average Bonchev–Trinajstić information content (AvgIpc) is 2.15. The quantitative estimate of drug-likeness (QED) is 0.738. The Morgan fingerprint density at radius 2 is 2.23 bits per heavy atom. The molecular formula is C8H8NO2PS. The summed E-state index contributed by atoms with van der Waals surface area (Å²) in [6.45, 7) is -0.0815. The van der Waals surface area contributed by atoms with E-state index in [1.54, 1.807) is 0 Å². The molecule has 0 atom stereocenters. The van der Waals surface area contributed by atoms with Crippen molar-refractivity contribution in [2.45, 2.75) is 0 Å². The summed E-state index contributed by atoms with van der Waals surface area (Å²) in [4.78, 5) is 10.3. The highest BCUT2D eigenvalue weighted by atomic mass is 32.4. The fourth-order valence-corrected chi connectivity index (χ4v) is 1.75. The molecule has 2 N–H and O–H groups in total. The molecule has 0 aliphatic heterocycles. The first-order valence-corrected chi connectivity index (χ1v) is 5.53. The SMILES string of the molecule is O=C(O)CNc1ccccc1P=S. The molecule has 3 nitrogen and oxygen atoms in total. The molecule has 5 heteroatoms. The molecular weight excluding hydrogens is 205 g/mol. The van der Waals surface area contributed by atoms with Gasteiger partial charge in [0.15, 0.2) is 0 Å². The summed E-state index contributed by atoms with van der Waals surface area (Å²) in [6.07, 6.45) is 0. The monoisotopic (exact) mass is 213 g/mol. The van der Waals surface area contributed by atoms with Crippen molar-refractivity contribution in [1.82, 2.24) is 0 Å². The molecule has 1 aromatic rings. The van der Waals surface area contributed by atoms with Gasteiger partial charge in [-0.25, -0.2) is 0 Å². The van der Waals surface area contributed by atoms with Gasteiger partial charge in [0.1, 0.15) is 6.54 Å². The normalized spacial score (nSPS) is 9.85. The van der Waals surface area contributed by atoms with Gasteiger partial charge in [-0.05, 0) is 12.1 Å². The molecule has 0 radical (unpaired) electrons. The molecule has 0 saturated heterocycles. The third kappa shape index (κ3) is 3.09. The van der Waals surface area contributed by atoms with Crippen molar-refractivity contribution in [2.75, 3.05) is 11.9 Å². The van der Waals surface area contributed by atoms with Gasteiger partial charge in [0.05, 0.1) is 0 Å².